The molecule has 0 spiro atoms. The van der Waals surface area contributed by atoms with Crippen molar-refractivity contribution in [2.75, 3.05) is 31.5 Å². The van der Waals surface area contributed by atoms with Crippen molar-refractivity contribution in [2.24, 2.45) is 0 Å². The third-order valence-corrected chi connectivity index (χ3v) is 3.70. The van der Waals surface area contributed by atoms with Gasteiger partial charge in [-0.05, 0) is 44.6 Å². The number of nitrogens with one attached hydrogen (secondary N) is 1. The van der Waals surface area contributed by atoms with E-state index in [2.05, 4.69) is 34.0 Å². The van der Waals surface area contributed by atoms with E-state index in [1.54, 1.807) is 6.07 Å². The number of benzene rings is 1. The van der Waals surface area contributed by atoms with Gasteiger partial charge in [-0.1, -0.05) is 19.9 Å². The lowest BCUT2D eigenvalue weighted by Gasteiger charge is -2.17. The van der Waals surface area contributed by atoms with Crippen LogP contribution in [0.3, 0.4) is 0 Å². The molecule has 0 aliphatic heterocycles. The van der Waals surface area contributed by atoms with E-state index in [1.807, 2.05) is 6.07 Å². The predicted octanol–water partition coefficient (Wildman–Crippen LogP) is 3.30. The molecule has 1 aromatic carbocycles. The van der Waals surface area contributed by atoms with Crippen LogP contribution in [0.15, 0.2) is 24.5 Å². The zero-order valence-electron chi connectivity index (χ0n) is 12.8. The summed E-state index contributed by atoms with van der Waals surface area (Å²) in [5.74, 6) is 0.404. The highest BCUT2D eigenvalue weighted by atomic mass is 19.1. The molecule has 1 N–H and O–H groups in total. The summed E-state index contributed by atoms with van der Waals surface area (Å²) in [5.41, 5.74) is 0.373. The largest absolute Gasteiger partial charge is 0.369 e. The first-order valence-electron chi connectivity index (χ1n) is 7.61. The van der Waals surface area contributed by atoms with Gasteiger partial charge in [-0.25, -0.2) is 14.4 Å². The molecule has 114 valence electrons. The van der Waals surface area contributed by atoms with Crippen LogP contribution in [-0.4, -0.2) is 41.0 Å². The maximum atomic E-state index is 13.7. The minimum absolute atomic E-state index is 0.306. The van der Waals surface area contributed by atoms with Crippen molar-refractivity contribution in [1.82, 2.24) is 14.9 Å². The lowest BCUT2D eigenvalue weighted by atomic mass is 10.2. The van der Waals surface area contributed by atoms with Crippen LogP contribution >= 0.6 is 0 Å². The maximum absolute atomic E-state index is 13.7. The van der Waals surface area contributed by atoms with Crippen molar-refractivity contribution in [3.63, 3.8) is 0 Å². The number of unbranched alkanes of at least 4 members (excludes halogenated alkanes) is 1. The van der Waals surface area contributed by atoms with E-state index >= 15 is 0 Å². The molecule has 0 amide bonds. The normalized spacial score (nSPS) is 11.2. The summed E-state index contributed by atoms with van der Waals surface area (Å²) >= 11 is 0. The molecule has 0 saturated carbocycles. The highest BCUT2D eigenvalue weighted by molar-refractivity contribution is 5.89. The van der Waals surface area contributed by atoms with Gasteiger partial charge < -0.3 is 10.2 Å². The predicted molar refractivity (Wildman–Crippen MR) is 85.0 cm³/mol. The Balaban J connectivity index is 1.88. The molecule has 0 aliphatic rings. The third-order valence-electron chi connectivity index (χ3n) is 3.70. The number of hydrogen-bond acceptors (Lipinski definition) is 4. The standard InChI is InChI=1S/C16H23FN4/c1-3-21(4-2)11-6-5-10-18-16-13-8-7-9-14(17)15(13)19-12-20-16/h7-9,12H,3-6,10-11H2,1-2H3,(H,18,19,20). The second kappa shape index (κ2) is 7.88. The molecule has 5 heteroatoms. The van der Waals surface area contributed by atoms with Crippen molar-refractivity contribution in [3.8, 4) is 0 Å². The van der Waals surface area contributed by atoms with Crippen LogP contribution in [0.1, 0.15) is 26.7 Å². The summed E-state index contributed by atoms with van der Waals surface area (Å²) < 4.78 is 13.7. The van der Waals surface area contributed by atoms with Gasteiger partial charge in [0.05, 0.1) is 0 Å². The van der Waals surface area contributed by atoms with E-state index in [1.165, 1.54) is 12.4 Å². The highest BCUT2D eigenvalue weighted by Crippen LogP contribution is 2.21. The zero-order chi connectivity index (χ0) is 15.1. The summed E-state index contributed by atoms with van der Waals surface area (Å²) in [6, 6.07) is 4.95. The van der Waals surface area contributed by atoms with Crippen LogP contribution in [0.2, 0.25) is 0 Å². The molecule has 0 saturated heterocycles. The lowest BCUT2D eigenvalue weighted by molar-refractivity contribution is 0.298. The van der Waals surface area contributed by atoms with E-state index < -0.39 is 0 Å². The van der Waals surface area contributed by atoms with E-state index in [0.717, 1.165) is 44.4 Å². The molecule has 0 fully saturated rings. The van der Waals surface area contributed by atoms with Gasteiger partial charge in [0.15, 0.2) is 0 Å². The molecule has 2 aromatic rings. The van der Waals surface area contributed by atoms with E-state index in [9.17, 15) is 4.39 Å². The fraction of sp³-hybridized carbons (Fsp3) is 0.500. The Morgan fingerprint density at radius 2 is 1.95 bits per heavy atom. The van der Waals surface area contributed by atoms with Crippen molar-refractivity contribution >= 4 is 16.7 Å². The van der Waals surface area contributed by atoms with Crippen LogP contribution in [-0.2, 0) is 0 Å². The summed E-state index contributed by atoms with van der Waals surface area (Å²) in [5, 5.41) is 4.03. The summed E-state index contributed by atoms with van der Waals surface area (Å²) in [7, 11) is 0. The molecule has 1 heterocycles. The van der Waals surface area contributed by atoms with Crippen molar-refractivity contribution < 1.29 is 4.39 Å². The average Bonchev–Trinajstić information content (AvgIpc) is 2.51. The Labute approximate surface area is 125 Å². The molecule has 0 aliphatic carbocycles. The monoisotopic (exact) mass is 290 g/mol. The van der Waals surface area contributed by atoms with Gasteiger partial charge in [-0.2, -0.15) is 0 Å². The Bertz CT molecular complexity index is 569. The van der Waals surface area contributed by atoms with Gasteiger partial charge >= 0.3 is 0 Å². The Morgan fingerprint density at radius 1 is 1.14 bits per heavy atom. The van der Waals surface area contributed by atoms with Gasteiger partial charge in [0, 0.05) is 11.9 Å². The summed E-state index contributed by atoms with van der Waals surface area (Å²) in [6.07, 6.45) is 3.62. The molecule has 21 heavy (non-hydrogen) atoms. The first-order chi connectivity index (χ1) is 10.3. The van der Waals surface area contributed by atoms with Gasteiger partial charge in [-0.3, -0.25) is 0 Å². The smallest absolute Gasteiger partial charge is 0.149 e. The molecular weight excluding hydrogens is 267 g/mol. The molecule has 0 radical (unpaired) electrons. The maximum Gasteiger partial charge on any atom is 0.149 e. The van der Waals surface area contributed by atoms with Gasteiger partial charge in [0.25, 0.3) is 0 Å². The van der Waals surface area contributed by atoms with Gasteiger partial charge in [-0.15, -0.1) is 0 Å². The first kappa shape index (κ1) is 15.6. The van der Waals surface area contributed by atoms with Crippen molar-refractivity contribution in [2.45, 2.75) is 26.7 Å². The zero-order valence-corrected chi connectivity index (χ0v) is 12.8. The highest BCUT2D eigenvalue weighted by Gasteiger charge is 2.06. The summed E-state index contributed by atoms with van der Waals surface area (Å²) in [6.45, 7) is 8.52. The van der Waals surface area contributed by atoms with Crippen LogP contribution < -0.4 is 5.32 Å². The van der Waals surface area contributed by atoms with Gasteiger partial charge in [0.1, 0.15) is 23.5 Å². The number of aromatic nitrogens is 2. The second-order valence-corrected chi connectivity index (χ2v) is 5.02. The number of anilines is 1. The number of rotatable bonds is 8. The molecule has 0 bridgehead atoms. The molecule has 1 aromatic heterocycles. The molecular formula is C16H23FN4. The van der Waals surface area contributed by atoms with Gasteiger partial charge in [0.2, 0.25) is 0 Å². The van der Waals surface area contributed by atoms with Crippen LogP contribution in [0.25, 0.3) is 10.9 Å². The number of halogens is 1. The minimum Gasteiger partial charge on any atom is -0.369 e. The lowest BCUT2D eigenvalue weighted by Crippen LogP contribution is -2.24. The van der Waals surface area contributed by atoms with E-state index in [4.69, 9.17) is 0 Å². The molecule has 4 nitrogen and oxygen atoms in total. The van der Waals surface area contributed by atoms with Crippen LogP contribution in [0, 0.1) is 5.82 Å². The number of para-hydroxylation sites is 1. The topological polar surface area (TPSA) is 41.0 Å². The Morgan fingerprint density at radius 3 is 2.71 bits per heavy atom. The first-order valence-corrected chi connectivity index (χ1v) is 7.61. The van der Waals surface area contributed by atoms with Crippen molar-refractivity contribution in [1.29, 1.82) is 0 Å². The van der Waals surface area contributed by atoms with E-state index in [-0.39, 0.29) is 5.82 Å². The van der Waals surface area contributed by atoms with Crippen LogP contribution in [0.4, 0.5) is 10.2 Å². The molecule has 2 rings (SSSR count). The number of fused-ring (bicyclic) bond motifs is 1. The molecule has 0 unspecified atom stereocenters. The third kappa shape index (κ3) is 4.11. The minimum atomic E-state index is -0.306. The number of nitrogens with zero attached hydrogens (tertiary/aromatic N) is 3. The average molecular weight is 290 g/mol. The van der Waals surface area contributed by atoms with E-state index in [0.29, 0.717) is 11.3 Å². The second-order valence-electron chi connectivity index (χ2n) is 5.02. The fourth-order valence-electron chi connectivity index (χ4n) is 2.40. The SMILES string of the molecule is CCN(CC)CCCCNc1ncnc2c(F)cccc12. The van der Waals surface area contributed by atoms with Crippen LogP contribution in [0.5, 0.6) is 0 Å². The summed E-state index contributed by atoms with van der Waals surface area (Å²) in [4.78, 5) is 10.6. The van der Waals surface area contributed by atoms with Crippen molar-refractivity contribution in [3.05, 3.63) is 30.3 Å². The fourth-order valence-corrected chi connectivity index (χ4v) is 2.40. The quantitative estimate of drug-likeness (QED) is 0.757. The number of hydrogen-bond donors (Lipinski definition) is 1. The Hall–Kier alpha value is -1.75. The molecule has 0 atom stereocenters. The Kier molecular flexibility index (Phi) is 5.87.